The monoisotopic (exact) mass is 561 g/mol. The maximum Gasteiger partial charge on any atom is 0.490 e. The van der Waals surface area contributed by atoms with Gasteiger partial charge in [0.25, 0.3) is 11.5 Å². The first-order valence-corrected chi connectivity index (χ1v) is 10.9. The lowest BCUT2D eigenvalue weighted by atomic mass is 9.85. The van der Waals surface area contributed by atoms with E-state index in [1.165, 1.54) is 18.3 Å². The number of carboxylic acids is 1. The molecule has 5 N–H and O–H groups in total. The molecule has 3 rings (SSSR count). The summed E-state index contributed by atoms with van der Waals surface area (Å²) in [4.78, 5) is 36.8. The quantitative estimate of drug-likeness (QED) is 0.324. The molecule has 8 nitrogen and oxygen atoms in total. The van der Waals surface area contributed by atoms with Gasteiger partial charge < -0.3 is 25.8 Å². The van der Waals surface area contributed by atoms with Crippen LogP contribution < -0.4 is 11.3 Å². The second-order valence-electron chi connectivity index (χ2n) is 7.44. The maximum atomic E-state index is 14.5. The van der Waals surface area contributed by atoms with E-state index in [2.05, 4.69) is 4.98 Å². The summed E-state index contributed by atoms with van der Waals surface area (Å²) in [6.07, 6.45) is -2.76. The van der Waals surface area contributed by atoms with Crippen LogP contribution in [-0.4, -0.2) is 51.2 Å². The van der Waals surface area contributed by atoms with Crippen LogP contribution in [0.2, 0.25) is 15.1 Å². The van der Waals surface area contributed by atoms with Gasteiger partial charge in [-0.2, -0.15) is 13.2 Å². The predicted molar refractivity (Wildman–Crippen MR) is 119 cm³/mol. The molecule has 1 atom stereocenters. The van der Waals surface area contributed by atoms with Gasteiger partial charge in [0.05, 0.1) is 15.6 Å². The summed E-state index contributed by atoms with van der Waals surface area (Å²) in [5, 5.41) is 16.8. The number of nitrogens with two attached hydrogens (primary N) is 1. The molecule has 0 saturated carbocycles. The minimum atomic E-state index is -5.08. The number of carbonyl (C=O) groups is 2. The number of benzene rings is 1. The van der Waals surface area contributed by atoms with Crippen LogP contribution in [0.25, 0.3) is 0 Å². The molecule has 1 amide bonds. The molecule has 1 fully saturated rings. The highest BCUT2D eigenvalue weighted by molar-refractivity contribution is 6.42. The minimum Gasteiger partial charge on any atom is -0.507 e. The van der Waals surface area contributed by atoms with E-state index in [9.17, 15) is 32.3 Å². The van der Waals surface area contributed by atoms with Crippen molar-refractivity contribution in [2.45, 2.75) is 25.1 Å². The van der Waals surface area contributed by atoms with Crippen LogP contribution in [0.1, 0.15) is 34.8 Å². The first-order valence-electron chi connectivity index (χ1n) is 9.74. The van der Waals surface area contributed by atoms with E-state index >= 15 is 0 Å². The Morgan fingerprint density at radius 2 is 1.69 bits per heavy atom. The Balaban J connectivity index is 0.000000540. The van der Waals surface area contributed by atoms with Crippen LogP contribution in [0.3, 0.4) is 0 Å². The molecule has 2 heterocycles. The fourth-order valence-corrected chi connectivity index (χ4v) is 3.89. The van der Waals surface area contributed by atoms with E-state index in [-0.39, 0.29) is 43.8 Å². The van der Waals surface area contributed by atoms with Crippen LogP contribution in [-0.2, 0) is 4.79 Å². The van der Waals surface area contributed by atoms with Crippen LogP contribution >= 0.6 is 34.8 Å². The number of likely N-dealkylation sites (tertiary alicyclic amines) is 1. The van der Waals surface area contributed by atoms with Crippen LogP contribution in [0.15, 0.2) is 23.1 Å². The van der Waals surface area contributed by atoms with E-state index < -0.39 is 29.6 Å². The highest BCUT2D eigenvalue weighted by Crippen LogP contribution is 2.40. The van der Waals surface area contributed by atoms with Crippen molar-refractivity contribution in [2.75, 3.05) is 13.1 Å². The molecule has 2 aromatic rings. The Labute approximate surface area is 210 Å². The SMILES string of the molecule is N[C@@H](c1c(O)cc(Cl)c(Cl)c1F)C1CCN(C(=O)c2c[nH]c(=O)c(Cl)c2)CC1.O=C(O)C(F)(F)F. The number of aliphatic carboxylic acids is 1. The largest absolute Gasteiger partial charge is 0.507 e. The molecule has 1 aromatic heterocycles. The molecule has 0 bridgehead atoms. The smallest absolute Gasteiger partial charge is 0.490 e. The van der Waals surface area contributed by atoms with Gasteiger partial charge in [0, 0.05) is 37.0 Å². The molecule has 192 valence electrons. The van der Waals surface area contributed by atoms with Crippen molar-refractivity contribution in [3.05, 3.63) is 60.7 Å². The zero-order valence-corrected chi connectivity index (χ0v) is 19.8. The van der Waals surface area contributed by atoms with Gasteiger partial charge in [-0.1, -0.05) is 34.8 Å². The number of piperidine rings is 1. The fourth-order valence-electron chi connectivity index (χ4n) is 3.37. The molecular formula is C20H18Cl3F4N3O5. The van der Waals surface area contributed by atoms with E-state index in [0.717, 1.165) is 0 Å². The normalized spacial score (nSPS) is 15.3. The van der Waals surface area contributed by atoms with Crippen molar-refractivity contribution in [1.29, 1.82) is 0 Å². The Kier molecular flexibility index (Phi) is 9.40. The standard InChI is InChI=1S/C18H17Cl3FN3O3.C2HF3O2/c19-10-6-12(26)13(15(22)14(10)21)16(23)8-1-3-25(4-2-8)18(28)9-5-11(20)17(27)24-7-9;3-2(4,5)1(6)7/h5-8,16,26H,1-4,23H2,(H,24,27);(H,6,7)/t16-;/m1./s1. The van der Waals surface area contributed by atoms with Gasteiger partial charge in [0.15, 0.2) is 5.82 Å². The Morgan fingerprint density at radius 1 is 1.14 bits per heavy atom. The van der Waals surface area contributed by atoms with Crippen LogP contribution in [0, 0.1) is 11.7 Å². The topological polar surface area (TPSA) is 137 Å². The zero-order valence-electron chi connectivity index (χ0n) is 17.5. The van der Waals surface area contributed by atoms with Gasteiger partial charge in [-0.15, -0.1) is 0 Å². The van der Waals surface area contributed by atoms with Crippen molar-refractivity contribution < 1.29 is 37.4 Å². The van der Waals surface area contributed by atoms with Gasteiger partial charge in [0.2, 0.25) is 0 Å². The molecule has 35 heavy (non-hydrogen) atoms. The second kappa shape index (κ2) is 11.5. The maximum absolute atomic E-state index is 14.5. The van der Waals surface area contributed by atoms with Crippen molar-refractivity contribution in [2.24, 2.45) is 11.7 Å². The Hall–Kier alpha value is -2.54. The molecule has 1 aliphatic rings. The molecule has 15 heteroatoms. The number of hydrogen-bond acceptors (Lipinski definition) is 5. The third-order valence-electron chi connectivity index (χ3n) is 5.19. The van der Waals surface area contributed by atoms with Gasteiger partial charge in [-0.25, -0.2) is 9.18 Å². The third-order valence-corrected chi connectivity index (χ3v) is 6.24. The molecule has 1 aromatic carbocycles. The van der Waals surface area contributed by atoms with Crippen molar-refractivity contribution in [3.63, 3.8) is 0 Å². The number of H-pyrrole nitrogens is 1. The van der Waals surface area contributed by atoms with E-state index in [0.29, 0.717) is 25.9 Å². The summed E-state index contributed by atoms with van der Waals surface area (Å²) >= 11 is 17.4. The fraction of sp³-hybridized carbons (Fsp3) is 0.350. The number of phenols is 1. The molecule has 0 aliphatic carbocycles. The first kappa shape index (κ1) is 28.7. The summed E-state index contributed by atoms with van der Waals surface area (Å²) in [6, 6.07) is 1.69. The molecule has 0 unspecified atom stereocenters. The number of carboxylic acid groups (broad SMARTS) is 1. The number of aromatic nitrogens is 1. The molecule has 1 aliphatic heterocycles. The van der Waals surface area contributed by atoms with Crippen molar-refractivity contribution >= 4 is 46.7 Å². The highest BCUT2D eigenvalue weighted by Gasteiger charge is 2.38. The van der Waals surface area contributed by atoms with E-state index in [1.54, 1.807) is 4.90 Å². The number of rotatable bonds is 3. The number of nitrogens with one attached hydrogen (secondary N) is 1. The number of aromatic hydroxyl groups is 1. The third kappa shape index (κ3) is 7.00. The number of hydrogen-bond donors (Lipinski definition) is 4. The number of halogens is 7. The summed E-state index contributed by atoms with van der Waals surface area (Å²) in [5.41, 5.74) is 5.93. The summed E-state index contributed by atoms with van der Waals surface area (Å²) in [7, 11) is 0. The summed E-state index contributed by atoms with van der Waals surface area (Å²) < 4.78 is 46.2. The van der Waals surface area contributed by atoms with Crippen molar-refractivity contribution in [1.82, 2.24) is 9.88 Å². The number of nitrogens with zero attached hydrogens (tertiary/aromatic N) is 1. The number of carbonyl (C=O) groups excluding carboxylic acids is 1. The number of aromatic amines is 1. The van der Waals surface area contributed by atoms with E-state index in [4.69, 9.17) is 50.4 Å². The lowest BCUT2D eigenvalue weighted by Gasteiger charge is -2.35. The van der Waals surface area contributed by atoms with Gasteiger partial charge in [0.1, 0.15) is 10.8 Å². The average molecular weight is 563 g/mol. The number of alkyl halides is 3. The first-order chi connectivity index (χ1) is 16.1. The van der Waals surface area contributed by atoms with Gasteiger partial charge >= 0.3 is 12.1 Å². The minimum absolute atomic E-state index is 0.0617. The molecule has 0 spiro atoms. The highest BCUT2D eigenvalue weighted by atomic mass is 35.5. The zero-order chi connectivity index (χ0) is 26.7. The lowest BCUT2D eigenvalue weighted by molar-refractivity contribution is -0.192. The number of pyridine rings is 1. The number of phenolic OH excluding ortho intramolecular Hbond substituents is 1. The molecular weight excluding hydrogens is 545 g/mol. The van der Waals surface area contributed by atoms with Crippen LogP contribution in [0.4, 0.5) is 17.6 Å². The average Bonchev–Trinajstić information content (AvgIpc) is 2.78. The Bertz CT molecular complexity index is 1170. The van der Waals surface area contributed by atoms with E-state index in [1.807, 2.05) is 0 Å². The lowest BCUT2D eigenvalue weighted by Crippen LogP contribution is -2.41. The van der Waals surface area contributed by atoms with Gasteiger partial charge in [-0.05, 0) is 24.8 Å². The second-order valence-corrected chi connectivity index (χ2v) is 8.64. The summed E-state index contributed by atoms with van der Waals surface area (Å²) in [6.45, 7) is 0.773. The Morgan fingerprint density at radius 3 is 2.17 bits per heavy atom. The predicted octanol–water partition coefficient (Wildman–Crippen LogP) is 4.37. The van der Waals surface area contributed by atoms with Crippen molar-refractivity contribution in [3.8, 4) is 5.75 Å². The molecule has 1 saturated heterocycles. The number of amides is 1. The van der Waals surface area contributed by atoms with Gasteiger partial charge in [-0.3, -0.25) is 9.59 Å². The molecule has 0 radical (unpaired) electrons. The van der Waals surface area contributed by atoms with Crippen LogP contribution in [0.5, 0.6) is 5.75 Å². The summed E-state index contributed by atoms with van der Waals surface area (Å²) in [5.74, 6) is -4.37.